The van der Waals surface area contributed by atoms with Gasteiger partial charge in [0.15, 0.2) is 0 Å². The molecule has 138 valence electrons. The summed E-state index contributed by atoms with van der Waals surface area (Å²) in [4.78, 5) is 25.0. The molecule has 2 aromatic carbocycles. The van der Waals surface area contributed by atoms with Crippen LogP contribution in [0.3, 0.4) is 0 Å². The largest absolute Gasteiger partial charge is 0.459 e. The molecule has 0 aliphatic rings. The molecule has 1 N–H and O–H groups in total. The van der Waals surface area contributed by atoms with E-state index in [2.05, 4.69) is 5.32 Å². The van der Waals surface area contributed by atoms with E-state index in [0.717, 1.165) is 5.56 Å². The smallest absolute Gasteiger partial charge is 0.329 e. The highest BCUT2D eigenvalue weighted by Crippen LogP contribution is 2.18. The van der Waals surface area contributed by atoms with E-state index in [1.807, 2.05) is 26.0 Å². The number of carbonyl (C=O) groups excluding carboxylic acids is 2. The summed E-state index contributed by atoms with van der Waals surface area (Å²) in [6.07, 6.45) is 0.715. The Balaban J connectivity index is 2.06. The van der Waals surface area contributed by atoms with Gasteiger partial charge in [0, 0.05) is 21.2 Å². The van der Waals surface area contributed by atoms with Crippen LogP contribution >= 0.6 is 23.2 Å². The predicted molar refractivity (Wildman–Crippen MR) is 103 cm³/mol. The van der Waals surface area contributed by atoms with Crippen LogP contribution in [-0.4, -0.2) is 17.9 Å². The highest BCUT2D eigenvalue weighted by molar-refractivity contribution is 6.31. The molecule has 0 bridgehead atoms. The van der Waals surface area contributed by atoms with E-state index in [4.69, 9.17) is 27.9 Å². The zero-order valence-electron chi connectivity index (χ0n) is 14.7. The van der Waals surface area contributed by atoms with Gasteiger partial charge in [-0.1, -0.05) is 61.7 Å². The van der Waals surface area contributed by atoms with Crippen LogP contribution in [0.1, 0.15) is 36.2 Å². The van der Waals surface area contributed by atoms with Crippen molar-refractivity contribution in [3.05, 3.63) is 69.7 Å². The molecule has 0 heterocycles. The van der Waals surface area contributed by atoms with E-state index in [9.17, 15) is 9.59 Å². The van der Waals surface area contributed by atoms with Crippen LogP contribution in [-0.2, 0) is 16.1 Å². The van der Waals surface area contributed by atoms with Gasteiger partial charge >= 0.3 is 5.97 Å². The molecular weight excluding hydrogens is 373 g/mol. The van der Waals surface area contributed by atoms with Crippen LogP contribution < -0.4 is 5.32 Å². The van der Waals surface area contributed by atoms with Gasteiger partial charge in [-0.2, -0.15) is 0 Å². The van der Waals surface area contributed by atoms with E-state index >= 15 is 0 Å². The molecule has 4 nitrogen and oxygen atoms in total. The van der Waals surface area contributed by atoms with Gasteiger partial charge in [-0.25, -0.2) is 4.79 Å². The molecule has 0 saturated heterocycles. The lowest BCUT2D eigenvalue weighted by atomic mass is 9.98. The van der Waals surface area contributed by atoms with E-state index in [-0.39, 0.29) is 18.4 Å². The Morgan fingerprint density at radius 1 is 1.08 bits per heavy atom. The minimum absolute atomic E-state index is 0.0578. The molecule has 0 saturated carbocycles. The molecule has 0 spiro atoms. The summed E-state index contributed by atoms with van der Waals surface area (Å²) in [5, 5.41) is 3.84. The first-order chi connectivity index (χ1) is 12.4. The maximum atomic E-state index is 12.5. The van der Waals surface area contributed by atoms with Gasteiger partial charge in [0.1, 0.15) is 12.6 Å². The molecule has 6 heteroatoms. The van der Waals surface area contributed by atoms with Crippen molar-refractivity contribution in [3.8, 4) is 0 Å². The molecule has 0 unspecified atom stereocenters. The Bertz CT molecular complexity index is 762. The maximum absolute atomic E-state index is 12.5. The fourth-order valence-electron chi connectivity index (χ4n) is 2.35. The first kappa shape index (κ1) is 20.3. The van der Waals surface area contributed by atoms with Crippen molar-refractivity contribution >= 4 is 35.1 Å². The minimum Gasteiger partial charge on any atom is -0.459 e. The summed E-state index contributed by atoms with van der Waals surface area (Å²) in [5.74, 6) is -0.909. The first-order valence-electron chi connectivity index (χ1n) is 8.38. The number of amides is 1. The highest BCUT2D eigenvalue weighted by Gasteiger charge is 2.28. The number of carbonyl (C=O) groups is 2. The molecule has 2 rings (SSSR count). The van der Waals surface area contributed by atoms with E-state index in [1.165, 1.54) is 0 Å². The lowest BCUT2D eigenvalue weighted by Gasteiger charge is -2.23. The molecule has 0 radical (unpaired) electrons. The maximum Gasteiger partial charge on any atom is 0.329 e. The lowest BCUT2D eigenvalue weighted by Crippen LogP contribution is -2.45. The topological polar surface area (TPSA) is 55.4 Å². The second kappa shape index (κ2) is 9.60. The van der Waals surface area contributed by atoms with Crippen molar-refractivity contribution in [3.63, 3.8) is 0 Å². The minimum atomic E-state index is -0.745. The molecule has 1 amide bonds. The van der Waals surface area contributed by atoms with Crippen molar-refractivity contribution in [2.75, 3.05) is 0 Å². The van der Waals surface area contributed by atoms with Gasteiger partial charge < -0.3 is 10.1 Å². The monoisotopic (exact) mass is 393 g/mol. The first-order valence-corrected chi connectivity index (χ1v) is 9.14. The summed E-state index contributed by atoms with van der Waals surface area (Å²) < 4.78 is 5.39. The molecule has 2 atom stereocenters. The van der Waals surface area contributed by atoms with Gasteiger partial charge in [-0.15, -0.1) is 0 Å². The molecular formula is C20H21Cl2NO3. The summed E-state index contributed by atoms with van der Waals surface area (Å²) >= 11 is 11.9. The van der Waals surface area contributed by atoms with Crippen molar-refractivity contribution in [1.82, 2.24) is 5.32 Å². The molecule has 26 heavy (non-hydrogen) atoms. The third kappa shape index (κ3) is 5.48. The van der Waals surface area contributed by atoms with Crippen LogP contribution in [0, 0.1) is 5.92 Å². The number of hydrogen-bond donors (Lipinski definition) is 1. The Morgan fingerprint density at radius 2 is 1.73 bits per heavy atom. The number of hydrogen-bond acceptors (Lipinski definition) is 3. The normalized spacial score (nSPS) is 12.9. The number of nitrogens with one attached hydrogen (secondary N) is 1. The van der Waals surface area contributed by atoms with Crippen LogP contribution in [0.5, 0.6) is 0 Å². The Hall–Kier alpha value is -2.04. The summed E-state index contributed by atoms with van der Waals surface area (Å²) in [7, 11) is 0. The van der Waals surface area contributed by atoms with E-state index < -0.39 is 12.0 Å². The number of rotatable bonds is 7. The average molecular weight is 394 g/mol. The average Bonchev–Trinajstić information content (AvgIpc) is 2.65. The standard InChI is InChI=1S/C20H21Cl2NO3/c1-3-13(2)18(23-19(24)14-8-10-16(21)11-9-14)20(25)26-12-15-6-4-5-7-17(15)22/h4-11,13,18H,3,12H2,1-2H3,(H,23,24)/t13-,18-/m1/s1. The van der Waals surface area contributed by atoms with Crippen molar-refractivity contribution in [2.24, 2.45) is 5.92 Å². The Labute approximate surface area is 163 Å². The van der Waals surface area contributed by atoms with Gasteiger partial charge in [0.25, 0.3) is 5.91 Å². The third-order valence-corrected chi connectivity index (χ3v) is 4.81. The fourth-order valence-corrected chi connectivity index (χ4v) is 2.67. The second-order valence-electron chi connectivity index (χ2n) is 6.04. The van der Waals surface area contributed by atoms with Gasteiger partial charge in [0.2, 0.25) is 0 Å². The number of esters is 1. The Morgan fingerprint density at radius 3 is 2.35 bits per heavy atom. The van der Waals surface area contributed by atoms with Crippen molar-refractivity contribution in [1.29, 1.82) is 0 Å². The molecule has 0 aliphatic carbocycles. The van der Waals surface area contributed by atoms with Crippen molar-refractivity contribution in [2.45, 2.75) is 32.9 Å². The quantitative estimate of drug-likeness (QED) is 0.681. The number of benzene rings is 2. The zero-order chi connectivity index (χ0) is 19.1. The number of ether oxygens (including phenoxy) is 1. The highest BCUT2D eigenvalue weighted by atomic mass is 35.5. The second-order valence-corrected chi connectivity index (χ2v) is 6.89. The molecule has 0 aromatic heterocycles. The van der Waals surface area contributed by atoms with Crippen LogP contribution in [0.15, 0.2) is 48.5 Å². The lowest BCUT2D eigenvalue weighted by molar-refractivity contribution is -0.148. The van der Waals surface area contributed by atoms with Gasteiger partial charge in [-0.05, 0) is 36.2 Å². The van der Waals surface area contributed by atoms with Crippen LogP contribution in [0.25, 0.3) is 0 Å². The van der Waals surface area contributed by atoms with Gasteiger partial charge in [0.05, 0.1) is 0 Å². The number of halogens is 2. The SMILES string of the molecule is CC[C@@H](C)[C@@H](NC(=O)c1ccc(Cl)cc1)C(=O)OCc1ccccc1Cl. The summed E-state index contributed by atoms with van der Waals surface area (Å²) in [6, 6.07) is 12.9. The summed E-state index contributed by atoms with van der Waals surface area (Å²) in [5.41, 5.74) is 1.15. The van der Waals surface area contributed by atoms with Crippen molar-refractivity contribution < 1.29 is 14.3 Å². The third-order valence-electron chi connectivity index (χ3n) is 4.19. The predicted octanol–water partition coefficient (Wildman–Crippen LogP) is 4.88. The van der Waals surface area contributed by atoms with E-state index in [0.29, 0.717) is 22.0 Å². The van der Waals surface area contributed by atoms with Crippen LogP contribution in [0.2, 0.25) is 10.0 Å². The zero-order valence-corrected chi connectivity index (χ0v) is 16.2. The summed E-state index contributed by atoms with van der Waals surface area (Å²) in [6.45, 7) is 3.90. The molecule has 0 fully saturated rings. The molecule has 2 aromatic rings. The Kier molecular flexibility index (Phi) is 7.49. The van der Waals surface area contributed by atoms with Gasteiger partial charge in [-0.3, -0.25) is 4.79 Å². The van der Waals surface area contributed by atoms with Crippen LogP contribution in [0.4, 0.5) is 0 Å². The molecule has 0 aliphatic heterocycles. The van der Waals surface area contributed by atoms with E-state index in [1.54, 1.807) is 36.4 Å². The fraction of sp³-hybridized carbons (Fsp3) is 0.300.